The first-order valence-corrected chi connectivity index (χ1v) is 8.68. The molecule has 1 aromatic carbocycles. The third-order valence-corrected chi connectivity index (χ3v) is 4.87. The fourth-order valence-corrected chi connectivity index (χ4v) is 3.49. The minimum Gasteiger partial charge on any atom is -0.457 e. The summed E-state index contributed by atoms with van der Waals surface area (Å²) in [6.45, 7) is 1.88. The van der Waals surface area contributed by atoms with Crippen LogP contribution in [0.3, 0.4) is 0 Å². The SMILES string of the molecule is CC1=CN2C(=N)/C(=C/c3ccc(-c4ccc([N+](=O)[O-])cc4)o3)C(=O)N=C2S1. The maximum absolute atomic E-state index is 12.3. The van der Waals surface area contributed by atoms with Crippen LogP contribution in [0.25, 0.3) is 17.4 Å². The van der Waals surface area contributed by atoms with Gasteiger partial charge in [-0.1, -0.05) is 11.8 Å². The van der Waals surface area contributed by atoms with E-state index in [1.165, 1.54) is 30.0 Å². The molecule has 0 bridgehead atoms. The van der Waals surface area contributed by atoms with Crippen molar-refractivity contribution in [2.75, 3.05) is 0 Å². The third-order valence-electron chi connectivity index (χ3n) is 3.97. The number of thioether (sulfide) groups is 1. The number of amides is 1. The first kappa shape index (κ1) is 17.0. The minimum absolute atomic E-state index is 0.00519. The lowest BCUT2D eigenvalue weighted by atomic mass is 10.1. The van der Waals surface area contributed by atoms with Gasteiger partial charge in [0.05, 0.1) is 10.5 Å². The van der Waals surface area contributed by atoms with E-state index in [9.17, 15) is 14.9 Å². The molecule has 1 N–H and O–H groups in total. The molecule has 2 aromatic rings. The molecular weight excluding hydrogens is 368 g/mol. The Kier molecular flexibility index (Phi) is 4.00. The number of fused-ring (bicyclic) bond motifs is 1. The van der Waals surface area contributed by atoms with Gasteiger partial charge in [0.15, 0.2) is 5.17 Å². The molecule has 9 heteroatoms. The zero-order valence-corrected chi connectivity index (χ0v) is 14.8. The molecule has 1 aromatic heterocycles. The Morgan fingerprint density at radius 2 is 2.00 bits per heavy atom. The Labute approximate surface area is 157 Å². The zero-order chi connectivity index (χ0) is 19.1. The highest BCUT2D eigenvalue weighted by Crippen LogP contribution is 2.33. The Morgan fingerprint density at radius 3 is 2.70 bits per heavy atom. The van der Waals surface area contributed by atoms with Crippen molar-refractivity contribution in [2.24, 2.45) is 4.99 Å². The van der Waals surface area contributed by atoms with Gasteiger partial charge in [0, 0.05) is 28.8 Å². The molecule has 2 aliphatic rings. The molecule has 8 nitrogen and oxygen atoms in total. The van der Waals surface area contributed by atoms with Crippen LogP contribution in [0.1, 0.15) is 12.7 Å². The highest BCUT2D eigenvalue weighted by Gasteiger charge is 2.33. The van der Waals surface area contributed by atoms with Gasteiger partial charge in [0.2, 0.25) is 0 Å². The maximum atomic E-state index is 12.3. The van der Waals surface area contributed by atoms with Crippen molar-refractivity contribution in [3.05, 3.63) is 69.0 Å². The Morgan fingerprint density at radius 1 is 1.26 bits per heavy atom. The first-order chi connectivity index (χ1) is 12.9. The lowest BCUT2D eigenvalue weighted by Crippen LogP contribution is -2.35. The van der Waals surface area contributed by atoms with Crippen LogP contribution in [0.15, 0.2) is 62.5 Å². The van der Waals surface area contributed by atoms with Crippen LogP contribution in [0, 0.1) is 15.5 Å². The number of carbonyl (C=O) groups excluding carboxylic acids is 1. The molecule has 0 unspecified atom stereocenters. The number of nitrogens with one attached hydrogen (secondary N) is 1. The number of non-ortho nitro benzene ring substituents is 1. The quantitative estimate of drug-likeness (QED) is 0.489. The number of aliphatic imine (C=N–C) groups is 1. The summed E-state index contributed by atoms with van der Waals surface area (Å²) < 4.78 is 5.72. The van der Waals surface area contributed by atoms with Crippen LogP contribution in [0.2, 0.25) is 0 Å². The van der Waals surface area contributed by atoms with Gasteiger partial charge in [0.1, 0.15) is 17.4 Å². The second-order valence-corrected chi connectivity index (χ2v) is 7.04. The van der Waals surface area contributed by atoms with E-state index >= 15 is 0 Å². The third kappa shape index (κ3) is 3.08. The fraction of sp³-hybridized carbons (Fsp3) is 0.0556. The van der Waals surface area contributed by atoms with Crippen molar-refractivity contribution in [2.45, 2.75) is 6.92 Å². The van der Waals surface area contributed by atoms with Gasteiger partial charge in [-0.05, 0) is 37.3 Å². The Balaban J connectivity index is 1.63. The van der Waals surface area contributed by atoms with Crippen molar-refractivity contribution in [1.82, 2.24) is 4.90 Å². The van der Waals surface area contributed by atoms with Gasteiger partial charge in [-0.25, -0.2) is 0 Å². The average Bonchev–Trinajstić information content (AvgIpc) is 3.25. The molecule has 4 rings (SSSR count). The summed E-state index contributed by atoms with van der Waals surface area (Å²) in [6.07, 6.45) is 3.24. The summed E-state index contributed by atoms with van der Waals surface area (Å²) in [5.74, 6) is 0.448. The van der Waals surface area contributed by atoms with Crippen LogP contribution < -0.4 is 0 Å². The normalized spacial score (nSPS) is 17.8. The van der Waals surface area contributed by atoms with E-state index in [4.69, 9.17) is 9.83 Å². The number of amidine groups is 2. The summed E-state index contributed by atoms with van der Waals surface area (Å²) >= 11 is 1.35. The summed E-state index contributed by atoms with van der Waals surface area (Å²) in [5.41, 5.74) is 0.800. The van der Waals surface area contributed by atoms with Crippen LogP contribution in [-0.2, 0) is 4.79 Å². The minimum atomic E-state index is -0.491. The standard InChI is InChI=1S/C18H12N4O4S/c1-10-9-21-16(19)14(17(23)20-18(21)27-10)8-13-6-7-15(26-13)11-2-4-12(5-3-11)22(24)25/h2-9,19H,1H3/b14-8-,19-16?. The molecule has 134 valence electrons. The van der Waals surface area contributed by atoms with Gasteiger partial charge in [-0.15, -0.1) is 0 Å². The number of rotatable bonds is 3. The number of nitrogens with zero attached hydrogens (tertiary/aromatic N) is 3. The average molecular weight is 380 g/mol. The monoisotopic (exact) mass is 380 g/mol. The number of nitro groups is 1. The van der Waals surface area contributed by atoms with Crippen molar-refractivity contribution in [3.8, 4) is 11.3 Å². The highest BCUT2D eigenvalue weighted by atomic mass is 32.2. The molecule has 1 amide bonds. The molecule has 2 aliphatic heterocycles. The molecule has 0 saturated carbocycles. The second-order valence-electron chi connectivity index (χ2n) is 5.82. The Hall–Kier alpha value is -3.46. The highest BCUT2D eigenvalue weighted by molar-refractivity contribution is 8.17. The number of furan rings is 1. The van der Waals surface area contributed by atoms with Gasteiger partial charge in [-0.2, -0.15) is 4.99 Å². The van der Waals surface area contributed by atoms with Crippen LogP contribution in [0.4, 0.5) is 5.69 Å². The molecule has 3 heterocycles. The topological polar surface area (TPSA) is 113 Å². The number of nitro benzene ring substituents is 1. The van der Waals surface area contributed by atoms with Crippen molar-refractivity contribution in [3.63, 3.8) is 0 Å². The molecule has 0 aliphatic carbocycles. The van der Waals surface area contributed by atoms with Crippen molar-refractivity contribution >= 4 is 40.4 Å². The Bertz CT molecular complexity index is 1080. The first-order valence-electron chi connectivity index (χ1n) is 7.86. The van der Waals surface area contributed by atoms with Crippen molar-refractivity contribution in [1.29, 1.82) is 5.41 Å². The van der Waals surface area contributed by atoms with E-state index in [2.05, 4.69) is 4.99 Å². The van der Waals surface area contributed by atoms with E-state index in [-0.39, 0.29) is 17.1 Å². The number of hydrogen-bond acceptors (Lipinski definition) is 6. The molecule has 27 heavy (non-hydrogen) atoms. The lowest BCUT2D eigenvalue weighted by Gasteiger charge is -2.21. The number of allylic oxidation sites excluding steroid dienone is 1. The molecular formula is C18H12N4O4S. The van der Waals surface area contributed by atoms with Gasteiger partial charge < -0.3 is 4.42 Å². The smallest absolute Gasteiger partial charge is 0.283 e. The van der Waals surface area contributed by atoms with Gasteiger partial charge in [-0.3, -0.25) is 25.2 Å². The largest absolute Gasteiger partial charge is 0.457 e. The van der Waals surface area contributed by atoms with Crippen LogP contribution in [-0.4, -0.2) is 26.7 Å². The number of carbonyl (C=O) groups is 1. The summed E-state index contributed by atoms with van der Waals surface area (Å²) in [6, 6.07) is 9.34. The van der Waals surface area contributed by atoms with E-state index < -0.39 is 10.8 Å². The van der Waals surface area contributed by atoms with E-state index in [0.717, 1.165) is 4.91 Å². The predicted molar refractivity (Wildman–Crippen MR) is 102 cm³/mol. The van der Waals surface area contributed by atoms with E-state index in [1.807, 2.05) is 6.92 Å². The van der Waals surface area contributed by atoms with Crippen LogP contribution in [0.5, 0.6) is 0 Å². The molecule has 0 radical (unpaired) electrons. The summed E-state index contributed by atoms with van der Waals surface area (Å²) in [4.78, 5) is 29.1. The summed E-state index contributed by atoms with van der Waals surface area (Å²) in [5, 5.41) is 19.5. The molecule has 0 atom stereocenters. The lowest BCUT2D eigenvalue weighted by molar-refractivity contribution is -0.384. The zero-order valence-electron chi connectivity index (χ0n) is 14.0. The maximum Gasteiger partial charge on any atom is 0.283 e. The molecule has 0 spiro atoms. The summed E-state index contributed by atoms with van der Waals surface area (Å²) in [7, 11) is 0. The van der Waals surface area contributed by atoms with Crippen molar-refractivity contribution < 1.29 is 14.1 Å². The van der Waals surface area contributed by atoms with Crippen LogP contribution >= 0.6 is 11.8 Å². The molecule has 0 saturated heterocycles. The van der Waals surface area contributed by atoms with Gasteiger partial charge in [0.25, 0.3) is 11.6 Å². The van der Waals surface area contributed by atoms with E-state index in [0.29, 0.717) is 22.3 Å². The number of benzene rings is 1. The fourth-order valence-electron chi connectivity index (χ4n) is 2.68. The predicted octanol–water partition coefficient (Wildman–Crippen LogP) is 4.02. The number of hydrogen-bond donors (Lipinski definition) is 1. The second kappa shape index (κ2) is 6.36. The van der Waals surface area contributed by atoms with Gasteiger partial charge >= 0.3 is 0 Å². The molecule has 0 fully saturated rings. The van der Waals surface area contributed by atoms with E-state index in [1.54, 1.807) is 35.4 Å².